The minimum atomic E-state index is 0.0379. The predicted molar refractivity (Wildman–Crippen MR) is 78.5 cm³/mol. The molecule has 2 aromatic rings. The molecule has 1 fully saturated rings. The summed E-state index contributed by atoms with van der Waals surface area (Å²) in [5.41, 5.74) is 2.46. The maximum atomic E-state index is 9.32. The SMILES string of the molecule is N#Cc1ccncc1N1CC2(CCC2)c2c(Cl)ncnc21. The summed E-state index contributed by atoms with van der Waals surface area (Å²) in [6.45, 7) is 0.793. The van der Waals surface area contributed by atoms with Gasteiger partial charge in [-0.15, -0.1) is 0 Å². The molecular weight excluding hydrogens is 286 g/mol. The number of hydrogen-bond donors (Lipinski definition) is 0. The average molecular weight is 298 g/mol. The van der Waals surface area contributed by atoms with Crippen LogP contribution in [-0.2, 0) is 5.41 Å². The second kappa shape index (κ2) is 4.40. The van der Waals surface area contributed by atoms with Gasteiger partial charge in [-0.2, -0.15) is 5.26 Å². The van der Waals surface area contributed by atoms with Crippen LogP contribution in [0, 0.1) is 11.3 Å². The van der Waals surface area contributed by atoms with Gasteiger partial charge in [-0.3, -0.25) is 4.98 Å². The van der Waals surface area contributed by atoms with Crippen molar-refractivity contribution in [3.8, 4) is 6.07 Å². The van der Waals surface area contributed by atoms with Crippen molar-refractivity contribution in [3.63, 3.8) is 0 Å². The number of pyridine rings is 1. The van der Waals surface area contributed by atoms with Crippen LogP contribution >= 0.6 is 11.6 Å². The first kappa shape index (κ1) is 12.5. The van der Waals surface area contributed by atoms with Crippen LogP contribution in [0.2, 0.25) is 5.15 Å². The summed E-state index contributed by atoms with van der Waals surface area (Å²) in [6.07, 6.45) is 8.20. The summed E-state index contributed by atoms with van der Waals surface area (Å²) >= 11 is 6.33. The quantitative estimate of drug-likeness (QED) is 0.757. The summed E-state index contributed by atoms with van der Waals surface area (Å²) in [6, 6.07) is 3.95. The number of rotatable bonds is 1. The summed E-state index contributed by atoms with van der Waals surface area (Å²) in [5.74, 6) is 0.819. The molecule has 2 aromatic heterocycles. The second-order valence-electron chi connectivity index (χ2n) is 5.59. The molecule has 0 amide bonds. The number of anilines is 2. The molecule has 1 saturated carbocycles. The Labute approximate surface area is 127 Å². The van der Waals surface area contributed by atoms with Gasteiger partial charge in [0.2, 0.25) is 0 Å². The maximum absolute atomic E-state index is 9.32. The molecule has 6 heteroatoms. The van der Waals surface area contributed by atoms with E-state index in [2.05, 4.69) is 25.9 Å². The zero-order chi connectivity index (χ0) is 14.4. The molecule has 1 aliphatic carbocycles. The average Bonchev–Trinajstić information content (AvgIpc) is 2.84. The topological polar surface area (TPSA) is 65.7 Å². The van der Waals surface area contributed by atoms with Crippen LogP contribution in [0.15, 0.2) is 24.8 Å². The molecular formula is C15H12ClN5. The molecule has 0 N–H and O–H groups in total. The molecule has 1 aliphatic heterocycles. The molecule has 4 rings (SSSR count). The van der Waals surface area contributed by atoms with E-state index in [4.69, 9.17) is 11.6 Å². The van der Waals surface area contributed by atoms with Gasteiger partial charge in [0.25, 0.3) is 0 Å². The molecule has 0 aromatic carbocycles. The van der Waals surface area contributed by atoms with Crippen LogP contribution in [0.4, 0.5) is 11.5 Å². The van der Waals surface area contributed by atoms with E-state index < -0.39 is 0 Å². The smallest absolute Gasteiger partial charge is 0.141 e. The van der Waals surface area contributed by atoms with Crippen molar-refractivity contribution in [2.45, 2.75) is 24.7 Å². The lowest BCUT2D eigenvalue weighted by Gasteiger charge is -2.38. The van der Waals surface area contributed by atoms with E-state index in [0.29, 0.717) is 10.7 Å². The summed E-state index contributed by atoms with van der Waals surface area (Å²) in [7, 11) is 0. The Morgan fingerprint density at radius 3 is 2.90 bits per heavy atom. The standard InChI is InChI=1S/C15H12ClN5/c16-13-12-14(20-9-19-13)21(8-15(12)3-1-4-15)11-7-18-5-2-10(11)6-17/h2,5,7,9H,1,3-4,8H2. The van der Waals surface area contributed by atoms with E-state index in [0.717, 1.165) is 36.5 Å². The number of aromatic nitrogens is 3. The number of hydrogen-bond acceptors (Lipinski definition) is 5. The monoisotopic (exact) mass is 297 g/mol. The number of halogens is 1. The largest absolute Gasteiger partial charge is 0.323 e. The van der Waals surface area contributed by atoms with Crippen LogP contribution < -0.4 is 4.90 Å². The van der Waals surface area contributed by atoms with Crippen molar-refractivity contribution in [2.75, 3.05) is 11.4 Å². The highest BCUT2D eigenvalue weighted by Gasteiger charge is 2.50. The van der Waals surface area contributed by atoms with E-state index >= 15 is 0 Å². The lowest BCUT2D eigenvalue weighted by Crippen LogP contribution is -2.38. The molecule has 0 bridgehead atoms. The van der Waals surface area contributed by atoms with Crippen molar-refractivity contribution in [2.24, 2.45) is 0 Å². The molecule has 1 spiro atoms. The fourth-order valence-electron chi connectivity index (χ4n) is 3.38. The number of nitrogens with zero attached hydrogens (tertiary/aromatic N) is 5. The lowest BCUT2D eigenvalue weighted by molar-refractivity contribution is 0.266. The van der Waals surface area contributed by atoms with E-state index in [1.807, 2.05) is 0 Å². The molecule has 5 nitrogen and oxygen atoms in total. The Morgan fingerprint density at radius 1 is 1.33 bits per heavy atom. The molecule has 104 valence electrons. The van der Waals surface area contributed by atoms with E-state index in [9.17, 15) is 5.26 Å². The van der Waals surface area contributed by atoms with Crippen molar-refractivity contribution >= 4 is 23.1 Å². The van der Waals surface area contributed by atoms with Crippen LogP contribution in [0.25, 0.3) is 0 Å². The third kappa shape index (κ3) is 1.66. The van der Waals surface area contributed by atoms with Gasteiger partial charge in [-0.1, -0.05) is 18.0 Å². The van der Waals surface area contributed by atoms with Crippen molar-refractivity contribution in [3.05, 3.63) is 41.1 Å². The van der Waals surface area contributed by atoms with Gasteiger partial charge in [-0.05, 0) is 18.9 Å². The summed E-state index contributed by atoms with van der Waals surface area (Å²) in [4.78, 5) is 14.8. The second-order valence-corrected chi connectivity index (χ2v) is 5.95. The van der Waals surface area contributed by atoms with E-state index in [1.165, 1.54) is 12.7 Å². The van der Waals surface area contributed by atoms with Gasteiger partial charge < -0.3 is 4.90 Å². The summed E-state index contributed by atoms with van der Waals surface area (Å²) < 4.78 is 0. The van der Waals surface area contributed by atoms with Gasteiger partial charge in [-0.25, -0.2) is 9.97 Å². The van der Waals surface area contributed by atoms with Gasteiger partial charge >= 0.3 is 0 Å². The molecule has 0 saturated heterocycles. The first-order chi connectivity index (χ1) is 10.2. The van der Waals surface area contributed by atoms with Crippen LogP contribution in [0.3, 0.4) is 0 Å². The van der Waals surface area contributed by atoms with Crippen molar-refractivity contribution in [1.82, 2.24) is 15.0 Å². The highest BCUT2D eigenvalue weighted by Crippen LogP contribution is 2.55. The minimum absolute atomic E-state index is 0.0379. The Morgan fingerprint density at radius 2 is 2.19 bits per heavy atom. The third-order valence-corrected chi connectivity index (χ3v) is 4.84. The summed E-state index contributed by atoms with van der Waals surface area (Å²) in [5, 5.41) is 9.85. The maximum Gasteiger partial charge on any atom is 0.141 e. The normalized spacial score (nSPS) is 18.2. The first-order valence-corrected chi connectivity index (χ1v) is 7.26. The zero-order valence-corrected chi connectivity index (χ0v) is 12.0. The Kier molecular flexibility index (Phi) is 2.63. The van der Waals surface area contributed by atoms with Crippen molar-refractivity contribution < 1.29 is 0 Å². The molecule has 3 heterocycles. The highest BCUT2D eigenvalue weighted by molar-refractivity contribution is 6.30. The molecule has 0 radical (unpaired) electrons. The molecule has 0 atom stereocenters. The van der Waals surface area contributed by atoms with Gasteiger partial charge in [0.1, 0.15) is 23.4 Å². The number of fused-ring (bicyclic) bond motifs is 2. The third-order valence-electron chi connectivity index (χ3n) is 4.55. The highest BCUT2D eigenvalue weighted by atomic mass is 35.5. The minimum Gasteiger partial charge on any atom is -0.323 e. The predicted octanol–water partition coefficient (Wildman–Crippen LogP) is 2.97. The van der Waals surface area contributed by atoms with Crippen LogP contribution in [-0.4, -0.2) is 21.5 Å². The molecule has 0 unspecified atom stereocenters. The Bertz CT molecular complexity index is 763. The van der Waals surface area contributed by atoms with Crippen LogP contribution in [0.1, 0.15) is 30.4 Å². The molecule has 2 aliphatic rings. The van der Waals surface area contributed by atoms with Gasteiger partial charge in [0.05, 0.1) is 17.4 Å². The van der Waals surface area contributed by atoms with E-state index in [1.54, 1.807) is 18.5 Å². The van der Waals surface area contributed by atoms with Crippen LogP contribution in [0.5, 0.6) is 0 Å². The molecule has 21 heavy (non-hydrogen) atoms. The van der Waals surface area contributed by atoms with Crippen molar-refractivity contribution in [1.29, 1.82) is 5.26 Å². The fourth-order valence-corrected chi connectivity index (χ4v) is 3.71. The van der Waals surface area contributed by atoms with E-state index in [-0.39, 0.29) is 5.41 Å². The Balaban J connectivity index is 1.91. The zero-order valence-electron chi connectivity index (χ0n) is 11.3. The number of nitriles is 1. The van der Waals surface area contributed by atoms with Gasteiger partial charge in [0, 0.05) is 23.7 Å². The lowest BCUT2D eigenvalue weighted by atomic mass is 9.66. The van der Waals surface area contributed by atoms with Gasteiger partial charge in [0.15, 0.2) is 0 Å². The first-order valence-electron chi connectivity index (χ1n) is 6.88. The Hall–Kier alpha value is -2.19. The fraction of sp³-hybridized carbons (Fsp3) is 0.333.